The molecule has 0 N–H and O–H groups in total. The molecule has 0 aliphatic rings. The van der Waals surface area contributed by atoms with Gasteiger partial charge in [0, 0.05) is 36.3 Å². The summed E-state index contributed by atoms with van der Waals surface area (Å²) in [5.74, 6) is -0.161. The predicted molar refractivity (Wildman–Crippen MR) is 104 cm³/mol. The van der Waals surface area contributed by atoms with Crippen molar-refractivity contribution in [2.24, 2.45) is 0 Å². The average molecular weight is 392 g/mol. The summed E-state index contributed by atoms with van der Waals surface area (Å²) in [7, 11) is 5.19. The van der Waals surface area contributed by atoms with E-state index in [1.165, 1.54) is 19.2 Å². The molecule has 0 heterocycles. The first kappa shape index (κ1) is 20.7. The molecule has 0 radical (unpaired) electrons. The minimum Gasteiger partial charge on any atom is -0.490 e. The number of rotatable bonds is 8. The third kappa shape index (κ3) is 5.67. The molecule has 0 unspecified atom stereocenters. The van der Waals surface area contributed by atoms with Gasteiger partial charge in [0.1, 0.15) is 0 Å². The highest BCUT2D eigenvalue weighted by Crippen LogP contribution is 2.28. The van der Waals surface area contributed by atoms with Gasteiger partial charge in [-0.2, -0.15) is 0 Å². The van der Waals surface area contributed by atoms with Crippen molar-refractivity contribution in [1.29, 1.82) is 0 Å². The van der Waals surface area contributed by atoms with Crippen LogP contribution in [0.3, 0.4) is 0 Å². The maximum Gasteiger partial charge on any atom is 0.311 e. The third-order valence-electron chi connectivity index (χ3n) is 4.01. The largest absolute Gasteiger partial charge is 0.490 e. The minimum atomic E-state index is -0.557. The van der Waals surface area contributed by atoms with Crippen LogP contribution in [0, 0.1) is 10.1 Å². The molecule has 0 spiro atoms. The summed E-state index contributed by atoms with van der Waals surface area (Å²) >= 11 is 5.92. The lowest BCUT2D eigenvalue weighted by atomic mass is 10.1. The van der Waals surface area contributed by atoms with E-state index in [1.54, 1.807) is 23.1 Å². The summed E-state index contributed by atoms with van der Waals surface area (Å²) in [5, 5.41) is 11.9. The number of nitrogens with zero attached hydrogens (tertiary/aromatic N) is 3. The smallest absolute Gasteiger partial charge is 0.311 e. The van der Waals surface area contributed by atoms with Crippen LogP contribution in [-0.2, 0) is 6.54 Å². The van der Waals surface area contributed by atoms with E-state index in [0.29, 0.717) is 24.7 Å². The molecular formula is C19H22ClN3O4. The van der Waals surface area contributed by atoms with E-state index in [0.717, 1.165) is 5.56 Å². The van der Waals surface area contributed by atoms with Crippen molar-refractivity contribution in [3.8, 4) is 5.75 Å². The molecule has 0 aliphatic carbocycles. The molecule has 0 bridgehead atoms. The molecule has 0 saturated carbocycles. The number of carbonyl (C=O) groups is 1. The Balaban J connectivity index is 2.30. The van der Waals surface area contributed by atoms with Crippen molar-refractivity contribution in [3.63, 3.8) is 0 Å². The second-order valence-electron chi connectivity index (χ2n) is 6.30. The first-order chi connectivity index (χ1) is 12.8. The number of carbonyl (C=O) groups excluding carboxylic acids is 1. The van der Waals surface area contributed by atoms with Gasteiger partial charge in [-0.3, -0.25) is 14.9 Å². The number of nitro groups is 1. The summed E-state index contributed by atoms with van der Waals surface area (Å²) < 4.78 is 5.00. The third-order valence-corrected chi connectivity index (χ3v) is 4.27. The molecular weight excluding hydrogens is 370 g/mol. The lowest BCUT2D eigenvalue weighted by Crippen LogP contribution is -2.36. The number of nitro benzene ring substituents is 1. The number of hydrogen-bond acceptors (Lipinski definition) is 5. The van der Waals surface area contributed by atoms with Crippen LogP contribution in [0.4, 0.5) is 5.69 Å². The Labute approximate surface area is 163 Å². The van der Waals surface area contributed by atoms with Gasteiger partial charge in [-0.05, 0) is 43.9 Å². The summed E-state index contributed by atoms with van der Waals surface area (Å²) in [4.78, 5) is 27.3. The minimum absolute atomic E-state index is 0.120. The van der Waals surface area contributed by atoms with Gasteiger partial charge in [0.15, 0.2) is 5.75 Å². The Morgan fingerprint density at radius 3 is 2.37 bits per heavy atom. The number of hydrogen-bond donors (Lipinski definition) is 0. The molecule has 7 nitrogen and oxygen atoms in total. The van der Waals surface area contributed by atoms with Crippen molar-refractivity contribution in [1.82, 2.24) is 9.80 Å². The van der Waals surface area contributed by atoms with Crippen LogP contribution < -0.4 is 4.74 Å². The van der Waals surface area contributed by atoms with E-state index >= 15 is 0 Å². The molecule has 0 fully saturated rings. The molecule has 0 atom stereocenters. The molecule has 8 heteroatoms. The Kier molecular flexibility index (Phi) is 7.15. The van der Waals surface area contributed by atoms with Gasteiger partial charge in [0.05, 0.1) is 12.0 Å². The highest BCUT2D eigenvalue weighted by molar-refractivity contribution is 6.30. The summed E-state index contributed by atoms with van der Waals surface area (Å²) in [6.07, 6.45) is 0. The number of likely N-dealkylation sites (N-methyl/N-ethyl adjacent to an activating group) is 1. The molecule has 2 rings (SSSR count). The van der Waals surface area contributed by atoms with Crippen molar-refractivity contribution >= 4 is 23.2 Å². The van der Waals surface area contributed by atoms with E-state index in [4.69, 9.17) is 16.3 Å². The Morgan fingerprint density at radius 2 is 1.81 bits per heavy atom. The normalized spacial score (nSPS) is 10.7. The van der Waals surface area contributed by atoms with Crippen molar-refractivity contribution in [2.75, 3.05) is 34.3 Å². The van der Waals surface area contributed by atoms with Gasteiger partial charge in [-0.25, -0.2) is 0 Å². The highest BCUT2D eigenvalue weighted by Gasteiger charge is 2.22. The number of ether oxygens (including phenoxy) is 1. The van der Waals surface area contributed by atoms with Crippen LogP contribution in [-0.4, -0.2) is 54.9 Å². The average Bonchev–Trinajstić information content (AvgIpc) is 2.65. The molecule has 0 aliphatic heterocycles. The van der Waals surface area contributed by atoms with Crippen LogP contribution >= 0.6 is 11.6 Å². The van der Waals surface area contributed by atoms with Crippen LogP contribution in [0.1, 0.15) is 15.9 Å². The molecule has 27 heavy (non-hydrogen) atoms. The Hall–Kier alpha value is -2.64. The predicted octanol–water partition coefficient (Wildman–Crippen LogP) is 3.46. The molecule has 144 valence electrons. The van der Waals surface area contributed by atoms with Crippen LogP contribution in [0.2, 0.25) is 5.02 Å². The quantitative estimate of drug-likeness (QED) is 0.508. The van der Waals surface area contributed by atoms with Gasteiger partial charge >= 0.3 is 5.69 Å². The van der Waals surface area contributed by atoms with E-state index in [2.05, 4.69) is 0 Å². The van der Waals surface area contributed by atoms with E-state index in [-0.39, 0.29) is 22.9 Å². The van der Waals surface area contributed by atoms with Crippen molar-refractivity contribution in [3.05, 3.63) is 68.7 Å². The maximum absolute atomic E-state index is 13.0. The highest BCUT2D eigenvalue weighted by atomic mass is 35.5. The SMILES string of the molecule is COc1ccc(C(=O)N(CCN(C)C)Cc2ccc(Cl)cc2)cc1[N+](=O)[O-]. The molecule has 2 aromatic rings. The number of halogens is 1. The summed E-state index contributed by atoms with van der Waals surface area (Å²) in [5.41, 5.74) is 0.937. The van der Waals surface area contributed by atoms with Gasteiger partial charge in [-0.1, -0.05) is 23.7 Å². The molecule has 0 saturated heterocycles. The van der Waals surface area contributed by atoms with E-state index in [9.17, 15) is 14.9 Å². The molecule has 2 aromatic carbocycles. The lowest BCUT2D eigenvalue weighted by Gasteiger charge is -2.25. The zero-order chi connectivity index (χ0) is 20.0. The standard InChI is InChI=1S/C19H22ClN3O4/c1-21(2)10-11-22(13-14-4-7-16(20)8-5-14)19(24)15-6-9-18(27-3)17(12-15)23(25)26/h4-9,12H,10-11,13H2,1-3H3. The second-order valence-corrected chi connectivity index (χ2v) is 6.74. The summed E-state index contributed by atoms with van der Waals surface area (Å²) in [6.45, 7) is 1.52. The number of amides is 1. The van der Waals surface area contributed by atoms with Gasteiger partial charge < -0.3 is 14.5 Å². The fourth-order valence-electron chi connectivity index (χ4n) is 2.53. The number of benzene rings is 2. The lowest BCUT2D eigenvalue weighted by molar-refractivity contribution is -0.385. The van der Waals surface area contributed by atoms with Crippen molar-refractivity contribution in [2.45, 2.75) is 6.54 Å². The molecule has 0 aromatic heterocycles. The maximum atomic E-state index is 13.0. The second kappa shape index (κ2) is 9.34. The zero-order valence-electron chi connectivity index (χ0n) is 15.5. The van der Waals surface area contributed by atoms with Crippen LogP contribution in [0.5, 0.6) is 5.75 Å². The Morgan fingerprint density at radius 1 is 1.15 bits per heavy atom. The molecule has 1 amide bonds. The van der Waals surface area contributed by atoms with E-state index < -0.39 is 4.92 Å². The number of methoxy groups -OCH3 is 1. The van der Waals surface area contributed by atoms with Gasteiger partial charge in [0.2, 0.25) is 0 Å². The monoisotopic (exact) mass is 391 g/mol. The van der Waals surface area contributed by atoms with Gasteiger partial charge in [-0.15, -0.1) is 0 Å². The Bertz CT molecular complexity index is 809. The van der Waals surface area contributed by atoms with Crippen LogP contribution in [0.25, 0.3) is 0 Å². The first-order valence-electron chi connectivity index (χ1n) is 8.32. The first-order valence-corrected chi connectivity index (χ1v) is 8.70. The van der Waals surface area contributed by atoms with E-state index in [1.807, 2.05) is 31.1 Å². The van der Waals surface area contributed by atoms with Crippen molar-refractivity contribution < 1.29 is 14.5 Å². The van der Waals surface area contributed by atoms with Crippen LogP contribution in [0.15, 0.2) is 42.5 Å². The zero-order valence-corrected chi connectivity index (χ0v) is 16.3. The topological polar surface area (TPSA) is 75.9 Å². The van der Waals surface area contributed by atoms with Gasteiger partial charge in [0.25, 0.3) is 5.91 Å². The fraction of sp³-hybridized carbons (Fsp3) is 0.316. The fourth-order valence-corrected chi connectivity index (χ4v) is 2.66. The summed E-state index contributed by atoms with van der Waals surface area (Å²) in [6, 6.07) is 11.5.